The second-order valence-corrected chi connectivity index (χ2v) is 9.28. The fraction of sp³-hybridized carbons (Fsp3) is 0.0870. The average molecular weight is 439 g/mol. The molecular formula is C23H19ClN2O3S. The van der Waals surface area contributed by atoms with E-state index in [0.717, 1.165) is 34.0 Å². The maximum Gasteiger partial charge on any atom is 0.175 e. The quantitative estimate of drug-likeness (QED) is 0.425. The molecule has 0 aliphatic carbocycles. The smallest absolute Gasteiger partial charge is 0.175 e. The third kappa shape index (κ3) is 4.10. The summed E-state index contributed by atoms with van der Waals surface area (Å²) < 4.78 is 30.6. The maximum atomic E-state index is 11.8. The van der Waals surface area contributed by atoms with Gasteiger partial charge in [-0.3, -0.25) is 0 Å². The van der Waals surface area contributed by atoms with Crippen molar-refractivity contribution in [3.63, 3.8) is 0 Å². The fourth-order valence-electron chi connectivity index (χ4n) is 3.14. The van der Waals surface area contributed by atoms with E-state index < -0.39 is 9.84 Å². The summed E-state index contributed by atoms with van der Waals surface area (Å²) in [5.74, 6) is 0.771. The number of rotatable bonds is 5. The molecule has 0 radical (unpaired) electrons. The summed E-state index contributed by atoms with van der Waals surface area (Å²) >= 11 is 6.05. The van der Waals surface area contributed by atoms with Crippen LogP contribution in [0.15, 0.2) is 83.8 Å². The van der Waals surface area contributed by atoms with Crippen LogP contribution in [0.1, 0.15) is 0 Å². The average Bonchev–Trinajstić information content (AvgIpc) is 3.19. The number of nitrogens with zero attached hydrogens (tertiary/aromatic N) is 2. The van der Waals surface area contributed by atoms with Gasteiger partial charge in [0.15, 0.2) is 9.84 Å². The number of methoxy groups -OCH3 is 1. The van der Waals surface area contributed by atoms with Crippen molar-refractivity contribution in [1.82, 2.24) is 9.78 Å². The normalized spacial score (nSPS) is 11.4. The molecule has 0 N–H and O–H groups in total. The fourth-order valence-corrected chi connectivity index (χ4v) is 3.90. The second kappa shape index (κ2) is 7.97. The highest BCUT2D eigenvalue weighted by molar-refractivity contribution is 7.90. The Morgan fingerprint density at radius 2 is 1.47 bits per heavy atom. The summed E-state index contributed by atoms with van der Waals surface area (Å²) in [5.41, 5.74) is 4.29. The topological polar surface area (TPSA) is 61.2 Å². The zero-order valence-corrected chi connectivity index (χ0v) is 18.0. The summed E-state index contributed by atoms with van der Waals surface area (Å²) in [6.45, 7) is 0. The molecule has 30 heavy (non-hydrogen) atoms. The molecule has 0 aliphatic heterocycles. The Bertz CT molecular complexity index is 1280. The molecule has 0 amide bonds. The van der Waals surface area contributed by atoms with Crippen LogP contribution in [0.3, 0.4) is 0 Å². The van der Waals surface area contributed by atoms with Gasteiger partial charge in [-0.05, 0) is 66.7 Å². The first kappa shape index (κ1) is 20.2. The zero-order valence-electron chi connectivity index (χ0n) is 16.4. The first-order chi connectivity index (χ1) is 14.3. The molecule has 4 rings (SSSR count). The van der Waals surface area contributed by atoms with Crippen LogP contribution < -0.4 is 4.74 Å². The highest BCUT2D eigenvalue weighted by Crippen LogP contribution is 2.30. The molecule has 152 valence electrons. The molecule has 5 nitrogen and oxygen atoms in total. The lowest BCUT2D eigenvalue weighted by Gasteiger charge is -2.08. The minimum atomic E-state index is -3.27. The third-order valence-corrected chi connectivity index (χ3v) is 6.13. The number of benzene rings is 3. The van der Waals surface area contributed by atoms with Crippen LogP contribution in [-0.2, 0) is 9.84 Å². The molecule has 0 fully saturated rings. The minimum Gasteiger partial charge on any atom is -0.497 e. The Hall–Kier alpha value is -3.09. The van der Waals surface area contributed by atoms with Gasteiger partial charge in [0.05, 0.1) is 29.1 Å². The van der Waals surface area contributed by atoms with E-state index in [1.807, 2.05) is 54.6 Å². The molecule has 0 unspecified atom stereocenters. The van der Waals surface area contributed by atoms with E-state index >= 15 is 0 Å². The van der Waals surface area contributed by atoms with Gasteiger partial charge in [0, 0.05) is 22.4 Å². The van der Waals surface area contributed by atoms with E-state index in [1.165, 1.54) is 6.26 Å². The Morgan fingerprint density at radius 3 is 2.03 bits per heavy atom. The molecule has 0 aliphatic rings. The SMILES string of the molecule is COc1ccc(-c2cc(-c3ccc(Cl)cc3)n(-c3ccc(S(C)(=O)=O)cc3)n2)cc1. The molecule has 3 aromatic carbocycles. The molecule has 1 heterocycles. The second-order valence-electron chi connectivity index (χ2n) is 6.83. The van der Waals surface area contributed by atoms with Crippen LogP contribution >= 0.6 is 11.6 Å². The van der Waals surface area contributed by atoms with Crippen LogP contribution in [0, 0.1) is 0 Å². The van der Waals surface area contributed by atoms with Crippen molar-refractivity contribution in [2.45, 2.75) is 4.90 Å². The molecule has 0 bridgehead atoms. The maximum absolute atomic E-state index is 11.8. The third-order valence-electron chi connectivity index (χ3n) is 4.74. The first-order valence-corrected chi connectivity index (χ1v) is 11.4. The van der Waals surface area contributed by atoms with E-state index in [0.29, 0.717) is 5.02 Å². The summed E-state index contributed by atoms with van der Waals surface area (Å²) in [4.78, 5) is 0.266. The van der Waals surface area contributed by atoms with E-state index in [-0.39, 0.29) is 4.90 Å². The van der Waals surface area contributed by atoms with Gasteiger partial charge in [-0.15, -0.1) is 0 Å². The van der Waals surface area contributed by atoms with Gasteiger partial charge in [0.25, 0.3) is 0 Å². The number of hydrogen-bond donors (Lipinski definition) is 0. The first-order valence-electron chi connectivity index (χ1n) is 9.16. The van der Waals surface area contributed by atoms with Gasteiger partial charge >= 0.3 is 0 Å². The van der Waals surface area contributed by atoms with Crippen molar-refractivity contribution >= 4 is 21.4 Å². The number of sulfone groups is 1. The van der Waals surface area contributed by atoms with Crippen LogP contribution in [-0.4, -0.2) is 31.6 Å². The van der Waals surface area contributed by atoms with Crippen molar-refractivity contribution in [3.05, 3.63) is 83.9 Å². The van der Waals surface area contributed by atoms with E-state index in [9.17, 15) is 8.42 Å². The van der Waals surface area contributed by atoms with Crippen LogP contribution in [0.2, 0.25) is 5.02 Å². The van der Waals surface area contributed by atoms with Crippen LogP contribution in [0.25, 0.3) is 28.2 Å². The minimum absolute atomic E-state index is 0.266. The van der Waals surface area contributed by atoms with Gasteiger partial charge in [-0.25, -0.2) is 13.1 Å². The molecule has 0 atom stereocenters. The van der Waals surface area contributed by atoms with Crippen molar-refractivity contribution in [2.75, 3.05) is 13.4 Å². The highest BCUT2D eigenvalue weighted by Gasteiger charge is 2.14. The summed E-state index contributed by atoms with van der Waals surface area (Å²) in [7, 11) is -1.64. The summed E-state index contributed by atoms with van der Waals surface area (Å²) in [6, 6.07) is 23.9. The molecule has 4 aromatic rings. The lowest BCUT2D eigenvalue weighted by molar-refractivity contribution is 0.415. The molecule has 7 heteroatoms. The summed E-state index contributed by atoms with van der Waals surface area (Å²) in [6.07, 6.45) is 1.19. The lowest BCUT2D eigenvalue weighted by Crippen LogP contribution is -2.01. The Balaban J connectivity index is 1.84. The molecular weight excluding hydrogens is 420 g/mol. The number of halogens is 1. The van der Waals surface area contributed by atoms with E-state index in [2.05, 4.69) is 0 Å². The van der Waals surface area contributed by atoms with Crippen molar-refractivity contribution in [2.24, 2.45) is 0 Å². The number of hydrogen-bond acceptors (Lipinski definition) is 4. The Labute approximate surface area is 180 Å². The predicted molar refractivity (Wildman–Crippen MR) is 119 cm³/mol. The number of ether oxygens (including phenoxy) is 1. The highest BCUT2D eigenvalue weighted by atomic mass is 35.5. The van der Waals surface area contributed by atoms with Gasteiger partial charge in [-0.1, -0.05) is 23.7 Å². The van der Waals surface area contributed by atoms with Gasteiger partial charge in [0.2, 0.25) is 0 Å². The number of aromatic nitrogens is 2. The van der Waals surface area contributed by atoms with Gasteiger partial charge in [-0.2, -0.15) is 5.10 Å². The Kier molecular flexibility index (Phi) is 5.37. The molecule has 0 saturated carbocycles. The van der Waals surface area contributed by atoms with E-state index in [4.69, 9.17) is 21.4 Å². The van der Waals surface area contributed by atoms with Crippen molar-refractivity contribution < 1.29 is 13.2 Å². The van der Waals surface area contributed by atoms with Gasteiger partial charge < -0.3 is 4.74 Å². The predicted octanol–water partition coefficient (Wildman–Crippen LogP) is 5.27. The van der Waals surface area contributed by atoms with Crippen LogP contribution in [0.4, 0.5) is 0 Å². The lowest BCUT2D eigenvalue weighted by atomic mass is 10.1. The largest absolute Gasteiger partial charge is 0.497 e. The van der Waals surface area contributed by atoms with Crippen LogP contribution in [0.5, 0.6) is 5.75 Å². The van der Waals surface area contributed by atoms with Gasteiger partial charge in [0.1, 0.15) is 5.75 Å². The van der Waals surface area contributed by atoms with Crippen molar-refractivity contribution in [1.29, 1.82) is 0 Å². The molecule has 1 aromatic heterocycles. The zero-order chi connectivity index (χ0) is 21.3. The molecule has 0 saturated heterocycles. The standard InChI is InChI=1S/C23H19ClN2O3S/c1-29-20-11-5-16(6-12-20)22-15-23(17-3-7-18(24)8-4-17)26(25-22)19-9-13-21(14-10-19)30(2,27)28/h3-15H,1-2H3. The monoisotopic (exact) mass is 438 g/mol. The summed E-state index contributed by atoms with van der Waals surface area (Å²) in [5, 5.41) is 5.44. The Morgan fingerprint density at radius 1 is 0.867 bits per heavy atom. The van der Waals surface area contributed by atoms with Crippen molar-refractivity contribution in [3.8, 4) is 34.0 Å². The van der Waals surface area contributed by atoms with E-state index in [1.54, 1.807) is 36.1 Å². The molecule has 0 spiro atoms.